The Kier molecular flexibility index (Phi) is 4.09. The topological polar surface area (TPSA) is 78.4 Å². The number of carboxylic acid groups (broad SMARTS) is 1. The van der Waals surface area contributed by atoms with Crippen molar-refractivity contribution in [1.29, 1.82) is 0 Å². The van der Waals surface area contributed by atoms with Crippen LogP contribution in [0.4, 0.5) is 4.79 Å². The van der Waals surface area contributed by atoms with Gasteiger partial charge in [-0.25, -0.2) is 4.79 Å². The predicted molar refractivity (Wildman–Crippen MR) is 67.1 cm³/mol. The van der Waals surface area contributed by atoms with Crippen LogP contribution < -0.4 is 10.6 Å². The number of hydrogen-bond donors (Lipinski definition) is 3. The van der Waals surface area contributed by atoms with Gasteiger partial charge in [0.2, 0.25) is 0 Å². The second-order valence-corrected chi connectivity index (χ2v) is 5.67. The molecule has 2 amide bonds. The summed E-state index contributed by atoms with van der Waals surface area (Å²) in [4.78, 5) is 22.1. The molecule has 0 aromatic heterocycles. The molecule has 2 aliphatic carbocycles. The molecule has 18 heavy (non-hydrogen) atoms. The number of hydrogen-bond acceptors (Lipinski definition) is 2. The first-order valence-electron chi connectivity index (χ1n) is 6.82. The number of urea groups is 1. The van der Waals surface area contributed by atoms with Gasteiger partial charge in [0.15, 0.2) is 0 Å². The summed E-state index contributed by atoms with van der Waals surface area (Å²) in [5.74, 6) is 0.849. The van der Waals surface area contributed by atoms with Gasteiger partial charge < -0.3 is 15.7 Å². The Morgan fingerprint density at radius 2 is 1.61 bits per heavy atom. The van der Waals surface area contributed by atoms with Gasteiger partial charge in [0, 0.05) is 13.1 Å². The van der Waals surface area contributed by atoms with Crippen molar-refractivity contribution in [3.8, 4) is 0 Å². The second kappa shape index (κ2) is 5.59. The van der Waals surface area contributed by atoms with Gasteiger partial charge in [-0.2, -0.15) is 0 Å². The lowest BCUT2D eigenvalue weighted by Crippen LogP contribution is -2.41. The fourth-order valence-corrected chi connectivity index (χ4v) is 2.37. The Bertz CT molecular complexity index is 312. The fourth-order valence-electron chi connectivity index (χ4n) is 2.37. The van der Waals surface area contributed by atoms with E-state index in [1.54, 1.807) is 6.92 Å². The van der Waals surface area contributed by atoms with Crippen molar-refractivity contribution in [1.82, 2.24) is 10.6 Å². The average Bonchev–Trinajstić information content (AvgIpc) is 3.16. The first-order chi connectivity index (χ1) is 8.58. The van der Waals surface area contributed by atoms with E-state index < -0.39 is 11.9 Å². The van der Waals surface area contributed by atoms with E-state index in [0.717, 1.165) is 18.4 Å². The molecule has 5 heteroatoms. The Morgan fingerprint density at radius 1 is 1.11 bits per heavy atom. The van der Waals surface area contributed by atoms with E-state index >= 15 is 0 Å². The molecule has 1 unspecified atom stereocenters. The SMILES string of the molecule is CC(CNC(=O)NCC(C1CC1)C1CC1)C(=O)O. The van der Waals surface area contributed by atoms with Gasteiger partial charge in [-0.3, -0.25) is 4.79 Å². The first kappa shape index (κ1) is 13.2. The van der Waals surface area contributed by atoms with Crippen LogP contribution in [-0.2, 0) is 4.79 Å². The lowest BCUT2D eigenvalue weighted by molar-refractivity contribution is -0.140. The van der Waals surface area contributed by atoms with E-state index in [0.29, 0.717) is 5.92 Å². The van der Waals surface area contributed by atoms with Crippen molar-refractivity contribution in [3.63, 3.8) is 0 Å². The van der Waals surface area contributed by atoms with Gasteiger partial charge in [-0.05, 0) is 43.4 Å². The van der Waals surface area contributed by atoms with E-state index in [1.165, 1.54) is 25.7 Å². The van der Waals surface area contributed by atoms with Crippen LogP contribution in [0.1, 0.15) is 32.6 Å². The summed E-state index contributed by atoms with van der Waals surface area (Å²) in [6.07, 6.45) is 5.22. The number of carbonyl (C=O) groups is 2. The zero-order valence-electron chi connectivity index (χ0n) is 10.8. The quantitative estimate of drug-likeness (QED) is 0.643. The van der Waals surface area contributed by atoms with Crippen molar-refractivity contribution in [2.75, 3.05) is 13.1 Å². The molecular weight excluding hydrogens is 232 g/mol. The van der Waals surface area contributed by atoms with Crippen LogP contribution in [0.5, 0.6) is 0 Å². The minimum atomic E-state index is -0.885. The van der Waals surface area contributed by atoms with E-state index in [-0.39, 0.29) is 12.6 Å². The number of carbonyl (C=O) groups excluding carboxylic acids is 1. The van der Waals surface area contributed by atoms with Crippen molar-refractivity contribution in [3.05, 3.63) is 0 Å². The van der Waals surface area contributed by atoms with Crippen LogP contribution in [0, 0.1) is 23.7 Å². The smallest absolute Gasteiger partial charge is 0.314 e. The summed E-state index contributed by atoms with van der Waals surface area (Å²) in [5, 5.41) is 14.2. The summed E-state index contributed by atoms with van der Waals surface area (Å²) in [5.41, 5.74) is 0. The number of aliphatic carboxylic acids is 1. The van der Waals surface area contributed by atoms with Crippen LogP contribution in [0.25, 0.3) is 0 Å². The molecule has 0 saturated heterocycles. The van der Waals surface area contributed by atoms with Gasteiger partial charge in [-0.1, -0.05) is 6.92 Å². The summed E-state index contributed by atoms with van der Waals surface area (Å²) in [7, 11) is 0. The summed E-state index contributed by atoms with van der Waals surface area (Å²) in [6, 6.07) is -0.241. The Labute approximate surface area is 107 Å². The molecule has 0 aliphatic heterocycles. The maximum Gasteiger partial charge on any atom is 0.314 e. The molecular formula is C13H22N2O3. The lowest BCUT2D eigenvalue weighted by Gasteiger charge is -2.17. The maximum atomic E-state index is 11.5. The highest BCUT2D eigenvalue weighted by atomic mass is 16.4. The molecule has 0 bridgehead atoms. The first-order valence-corrected chi connectivity index (χ1v) is 6.82. The molecule has 0 radical (unpaired) electrons. The Morgan fingerprint density at radius 3 is 2.06 bits per heavy atom. The third kappa shape index (κ3) is 3.89. The Hall–Kier alpha value is -1.26. The lowest BCUT2D eigenvalue weighted by atomic mass is 9.98. The molecule has 0 aromatic rings. The van der Waals surface area contributed by atoms with E-state index in [4.69, 9.17) is 5.11 Å². The molecule has 5 nitrogen and oxygen atoms in total. The molecule has 2 rings (SSSR count). The van der Waals surface area contributed by atoms with Crippen LogP contribution in [0.15, 0.2) is 0 Å². The molecule has 2 saturated carbocycles. The maximum absolute atomic E-state index is 11.5. The second-order valence-electron chi connectivity index (χ2n) is 5.67. The zero-order chi connectivity index (χ0) is 13.1. The van der Waals surface area contributed by atoms with E-state index in [1.807, 2.05) is 0 Å². The molecule has 0 spiro atoms. The van der Waals surface area contributed by atoms with Gasteiger partial charge in [-0.15, -0.1) is 0 Å². The predicted octanol–water partition coefficient (Wildman–Crippen LogP) is 1.44. The van der Waals surface area contributed by atoms with Crippen molar-refractivity contribution in [2.24, 2.45) is 23.7 Å². The van der Waals surface area contributed by atoms with Crippen molar-refractivity contribution in [2.45, 2.75) is 32.6 Å². The number of carboxylic acids is 1. The minimum Gasteiger partial charge on any atom is -0.481 e. The van der Waals surface area contributed by atoms with Crippen LogP contribution in [-0.4, -0.2) is 30.2 Å². The van der Waals surface area contributed by atoms with Gasteiger partial charge in [0.05, 0.1) is 5.92 Å². The average molecular weight is 254 g/mol. The molecule has 0 aromatic carbocycles. The van der Waals surface area contributed by atoms with Crippen LogP contribution >= 0.6 is 0 Å². The largest absolute Gasteiger partial charge is 0.481 e. The molecule has 1 atom stereocenters. The highest BCUT2D eigenvalue weighted by Gasteiger charge is 2.41. The third-order valence-electron chi connectivity index (χ3n) is 3.94. The Balaban J connectivity index is 1.63. The van der Waals surface area contributed by atoms with Crippen molar-refractivity contribution >= 4 is 12.0 Å². The van der Waals surface area contributed by atoms with Crippen LogP contribution in [0.2, 0.25) is 0 Å². The third-order valence-corrected chi connectivity index (χ3v) is 3.94. The molecule has 102 valence electrons. The number of amides is 2. The normalized spacial score (nSPS) is 20.6. The highest BCUT2D eigenvalue weighted by molar-refractivity contribution is 5.75. The molecule has 3 N–H and O–H groups in total. The summed E-state index contributed by atoms with van der Waals surface area (Å²) >= 11 is 0. The van der Waals surface area contributed by atoms with Crippen LogP contribution in [0.3, 0.4) is 0 Å². The minimum absolute atomic E-state index is 0.179. The summed E-state index contributed by atoms with van der Waals surface area (Å²) < 4.78 is 0. The highest BCUT2D eigenvalue weighted by Crippen LogP contribution is 2.48. The zero-order valence-corrected chi connectivity index (χ0v) is 10.8. The fraction of sp³-hybridized carbons (Fsp3) is 0.846. The molecule has 2 aliphatic rings. The van der Waals surface area contributed by atoms with Crippen molar-refractivity contribution < 1.29 is 14.7 Å². The van der Waals surface area contributed by atoms with E-state index in [9.17, 15) is 9.59 Å². The van der Waals surface area contributed by atoms with Gasteiger partial charge >= 0.3 is 12.0 Å². The van der Waals surface area contributed by atoms with E-state index in [2.05, 4.69) is 10.6 Å². The monoisotopic (exact) mass is 254 g/mol. The van der Waals surface area contributed by atoms with Gasteiger partial charge in [0.25, 0.3) is 0 Å². The number of rotatable bonds is 7. The van der Waals surface area contributed by atoms with Gasteiger partial charge in [0.1, 0.15) is 0 Å². The number of nitrogens with one attached hydrogen (secondary N) is 2. The molecule has 0 heterocycles. The summed E-state index contributed by atoms with van der Waals surface area (Å²) in [6.45, 7) is 2.50. The molecule has 2 fully saturated rings. The standard InChI is InChI=1S/C13H22N2O3/c1-8(12(16)17)6-14-13(18)15-7-11(9-2-3-9)10-4-5-10/h8-11H,2-7H2,1H3,(H,16,17)(H2,14,15,18).